The molecule has 0 radical (unpaired) electrons. The molecule has 0 N–H and O–H groups in total. The van der Waals surface area contributed by atoms with E-state index in [1.807, 2.05) is 0 Å². The van der Waals surface area contributed by atoms with Gasteiger partial charge < -0.3 is 19.6 Å². The summed E-state index contributed by atoms with van der Waals surface area (Å²) >= 11 is 0. The van der Waals surface area contributed by atoms with Gasteiger partial charge in [0.15, 0.2) is 0 Å². The maximum absolute atomic E-state index is 2.35. The van der Waals surface area contributed by atoms with Crippen LogP contribution >= 0.6 is 0 Å². The minimum Gasteiger partial charge on any atom is -0.311 e. The molecule has 464 valence electrons. The van der Waals surface area contributed by atoms with Crippen molar-refractivity contribution in [2.24, 2.45) is 0 Å². The van der Waals surface area contributed by atoms with Gasteiger partial charge in [-0.15, -0.1) is 0 Å². The summed E-state index contributed by atoms with van der Waals surface area (Å²) in [6, 6.07) is 149. The van der Waals surface area contributed by atoms with Gasteiger partial charge in [0.2, 0.25) is 0 Å². The van der Waals surface area contributed by atoms with E-state index in [1.165, 1.54) is 33.0 Å². The zero-order valence-corrected chi connectivity index (χ0v) is 54.0. The van der Waals surface area contributed by atoms with Crippen molar-refractivity contribution in [2.75, 3.05) is 19.6 Å². The summed E-state index contributed by atoms with van der Waals surface area (Å²) in [5, 5.41) is 2.36. The van der Waals surface area contributed by atoms with Crippen LogP contribution in [0, 0.1) is 0 Å². The number of fused-ring (bicyclic) bond motifs is 1. The number of para-hydroxylation sites is 6. The fraction of sp³-hybridized carbons (Fsp3) is 0. The van der Waals surface area contributed by atoms with Crippen LogP contribution in [0.3, 0.4) is 0 Å². The number of hydrogen-bond acceptors (Lipinski definition) is 4. The van der Waals surface area contributed by atoms with E-state index in [1.54, 1.807) is 0 Å². The third kappa shape index (κ3) is 12.2. The van der Waals surface area contributed by atoms with Gasteiger partial charge in [-0.3, -0.25) is 0 Å². The standard InChI is InChI=1S/C94H68N4/c1-9-27-73(28-10-1)93-91(75-53-65-87(66-54-75)97(81-39-21-7-22-40-81)85-61-49-71(50-62-85)69-45-57-83(58-46-69)95(77-31-13-3-14-32-77)78-33-15-4-16-34-78)89-43-25-26-44-90(89)92(94(93)74-29-11-2-12-30-74)76-55-67-88(68-56-76)98(82-41-23-8-24-42-82)86-63-51-72(52-64-86)70-47-59-84(60-48-70)96(79-35-17-5-18-36-79)80-37-19-6-20-38-80/h1-68H. The van der Waals surface area contributed by atoms with Crippen LogP contribution in [0.4, 0.5) is 68.2 Å². The first-order valence-corrected chi connectivity index (χ1v) is 33.5. The SMILES string of the molecule is c1ccc(-c2c(-c3ccccc3)c(-c3ccc(N(c4ccccc4)c4ccc(-c5ccc(N(c6ccccc6)c6ccccc6)cc5)cc4)cc3)c3ccccc3c2-c2ccc(N(c3ccccc3)c3ccc(-c4ccc(N(c5ccccc5)c5ccccc5)cc4)cc3)cc2)cc1. The zero-order valence-electron chi connectivity index (χ0n) is 54.0. The third-order valence-electron chi connectivity index (χ3n) is 18.4. The average Bonchev–Trinajstić information content (AvgIpc) is 0.725. The van der Waals surface area contributed by atoms with Gasteiger partial charge in [0, 0.05) is 68.2 Å². The van der Waals surface area contributed by atoms with E-state index in [-0.39, 0.29) is 0 Å². The van der Waals surface area contributed by atoms with Gasteiger partial charge in [0.05, 0.1) is 0 Å². The van der Waals surface area contributed by atoms with Crippen molar-refractivity contribution in [3.63, 3.8) is 0 Å². The number of anilines is 12. The first-order valence-electron chi connectivity index (χ1n) is 33.5. The Labute approximate surface area is 574 Å². The van der Waals surface area contributed by atoms with Crippen LogP contribution in [0.25, 0.3) is 77.5 Å². The van der Waals surface area contributed by atoms with Gasteiger partial charge in [-0.2, -0.15) is 0 Å². The van der Waals surface area contributed by atoms with Gasteiger partial charge in [-0.05, 0) is 223 Å². The monoisotopic (exact) mass is 1250 g/mol. The second-order valence-corrected chi connectivity index (χ2v) is 24.4. The van der Waals surface area contributed by atoms with Gasteiger partial charge >= 0.3 is 0 Å². The molecule has 0 spiro atoms. The average molecular weight is 1250 g/mol. The lowest BCUT2D eigenvalue weighted by molar-refractivity contribution is 1.28. The third-order valence-corrected chi connectivity index (χ3v) is 18.4. The molecule has 0 saturated heterocycles. The molecule has 0 aliphatic heterocycles. The maximum Gasteiger partial charge on any atom is 0.0462 e. The normalized spacial score (nSPS) is 11.1. The highest BCUT2D eigenvalue weighted by atomic mass is 15.2. The molecule has 0 heterocycles. The molecule has 16 aromatic rings. The lowest BCUT2D eigenvalue weighted by Gasteiger charge is -2.27. The van der Waals surface area contributed by atoms with Crippen LogP contribution in [0.2, 0.25) is 0 Å². The fourth-order valence-corrected chi connectivity index (χ4v) is 13.8. The van der Waals surface area contributed by atoms with Gasteiger partial charge in [0.25, 0.3) is 0 Å². The molecule has 16 rings (SSSR count). The summed E-state index contributed by atoms with van der Waals surface area (Å²) in [5.41, 5.74) is 27.0. The van der Waals surface area contributed by atoms with E-state index >= 15 is 0 Å². The topological polar surface area (TPSA) is 13.0 Å². The Balaban J connectivity index is 0.747. The lowest BCUT2D eigenvalue weighted by atomic mass is 9.79. The first kappa shape index (κ1) is 60.0. The second-order valence-electron chi connectivity index (χ2n) is 24.4. The van der Waals surface area contributed by atoms with Gasteiger partial charge in [-0.25, -0.2) is 0 Å². The molecule has 0 atom stereocenters. The van der Waals surface area contributed by atoms with Crippen molar-refractivity contribution >= 4 is 79.0 Å². The number of hydrogen-bond donors (Lipinski definition) is 0. The van der Waals surface area contributed by atoms with Crippen LogP contribution in [-0.4, -0.2) is 0 Å². The molecule has 0 aliphatic carbocycles. The summed E-state index contributed by atoms with van der Waals surface area (Å²) in [6.45, 7) is 0. The predicted molar refractivity (Wildman–Crippen MR) is 415 cm³/mol. The minimum absolute atomic E-state index is 1.06. The molecule has 0 fully saturated rings. The molecule has 0 aliphatic rings. The van der Waals surface area contributed by atoms with Crippen molar-refractivity contribution in [3.8, 4) is 66.8 Å². The smallest absolute Gasteiger partial charge is 0.0462 e. The largest absolute Gasteiger partial charge is 0.311 e. The number of nitrogens with zero attached hydrogens (tertiary/aromatic N) is 4. The Morgan fingerprint density at radius 1 is 0.102 bits per heavy atom. The Morgan fingerprint density at radius 2 is 0.245 bits per heavy atom. The molecule has 0 aromatic heterocycles. The van der Waals surface area contributed by atoms with E-state index in [2.05, 4.69) is 432 Å². The van der Waals surface area contributed by atoms with Crippen LogP contribution in [0.1, 0.15) is 0 Å². The molecule has 0 unspecified atom stereocenters. The molecule has 4 nitrogen and oxygen atoms in total. The Hall–Kier alpha value is -13.0. The predicted octanol–water partition coefficient (Wildman–Crippen LogP) is 26.7. The summed E-state index contributed by atoms with van der Waals surface area (Å²) in [6.07, 6.45) is 0. The maximum atomic E-state index is 2.35. The minimum atomic E-state index is 1.06. The highest BCUT2D eigenvalue weighted by Crippen LogP contribution is 2.52. The first-order chi connectivity index (χ1) is 48.6. The number of rotatable bonds is 18. The summed E-state index contributed by atoms with van der Waals surface area (Å²) in [4.78, 5) is 9.30. The molecule has 0 bridgehead atoms. The second kappa shape index (κ2) is 27.5. The molecule has 0 amide bonds. The molecular formula is C94H68N4. The van der Waals surface area contributed by atoms with Crippen LogP contribution in [0.5, 0.6) is 0 Å². The van der Waals surface area contributed by atoms with Crippen molar-refractivity contribution in [2.45, 2.75) is 0 Å². The van der Waals surface area contributed by atoms with Crippen molar-refractivity contribution in [3.05, 3.63) is 413 Å². The number of benzene rings is 16. The summed E-state index contributed by atoms with van der Waals surface area (Å²) in [5.74, 6) is 0. The molecule has 98 heavy (non-hydrogen) atoms. The quantitative estimate of drug-likeness (QED) is 0.0849. The van der Waals surface area contributed by atoms with E-state index in [0.717, 1.165) is 113 Å². The van der Waals surface area contributed by atoms with E-state index < -0.39 is 0 Å². The fourth-order valence-electron chi connectivity index (χ4n) is 13.8. The molecule has 16 aromatic carbocycles. The highest BCUT2D eigenvalue weighted by molar-refractivity contribution is 6.18. The van der Waals surface area contributed by atoms with E-state index in [0.29, 0.717) is 0 Å². The lowest BCUT2D eigenvalue weighted by Crippen LogP contribution is -2.10. The summed E-state index contributed by atoms with van der Waals surface area (Å²) < 4.78 is 0. The van der Waals surface area contributed by atoms with Crippen LogP contribution in [0.15, 0.2) is 413 Å². The van der Waals surface area contributed by atoms with E-state index in [4.69, 9.17) is 0 Å². The van der Waals surface area contributed by atoms with Crippen LogP contribution < -0.4 is 19.6 Å². The molecular weight excluding hydrogens is 1190 g/mol. The van der Waals surface area contributed by atoms with Gasteiger partial charge in [0.1, 0.15) is 0 Å². The molecule has 4 heteroatoms. The Bertz CT molecular complexity index is 4860. The zero-order chi connectivity index (χ0) is 65.4. The molecule has 0 saturated carbocycles. The highest BCUT2D eigenvalue weighted by Gasteiger charge is 2.26. The van der Waals surface area contributed by atoms with E-state index in [9.17, 15) is 0 Å². The van der Waals surface area contributed by atoms with Crippen molar-refractivity contribution in [1.82, 2.24) is 0 Å². The van der Waals surface area contributed by atoms with Crippen LogP contribution in [-0.2, 0) is 0 Å². The Morgan fingerprint density at radius 3 is 0.439 bits per heavy atom. The Kier molecular flexibility index (Phi) is 16.8. The summed E-state index contributed by atoms with van der Waals surface area (Å²) in [7, 11) is 0. The van der Waals surface area contributed by atoms with Crippen molar-refractivity contribution < 1.29 is 0 Å². The van der Waals surface area contributed by atoms with Crippen molar-refractivity contribution in [1.29, 1.82) is 0 Å². The van der Waals surface area contributed by atoms with Gasteiger partial charge in [-0.1, -0.05) is 267 Å².